The van der Waals surface area contributed by atoms with Crippen molar-refractivity contribution in [3.05, 3.63) is 77.9 Å². The van der Waals surface area contributed by atoms with Crippen molar-refractivity contribution in [2.75, 3.05) is 26.2 Å². The van der Waals surface area contributed by atoms with Crippen LogP contribution >= 0.6 is 11.3 Å². The summed E-state index contributed by atoms with van der Waals surface area (Å²) in [5.74, 6) is -0.0217. The van der Waals surface area contributed by atoms with Gasteiger partial charge in [0, 0.05) is 37.1 Å². The van der Waals surface area contributed by atoms with E-state index in [-0.39, 0.29) is 5.91 Å². The van der Waals surface area contributed by atoms with E-state index in [2.05, 4.69) is 40.7 Å². The number of aromatic nitrogens is 3. The number of carbonyl (C=O) groups is 1. The normalized spacial score (nSPS) is 10.7. The first-order chi connectivity index (χ1) is 16.1. The van der Waals surface area contributed by atoms with Crippen LogP contribution in [-0.4, -0.2) is 51.6 Å². The highest BCUT2D eigenvalue weighted by Crippen LogP contribution is 2.25. The molecule has 0 saturated heterocycles. The number of allylic oxidation sites excluding steroid dienone is 5. The molecule has 0 aliphatic heterocycles. The van der Waals surface area contributed by atoms with E-state index in [9.17, 15) is 4.79 Å². The molecule has 7 heteroatoms. The summed E-state index contributed by atoms with van der Waals surface area (Å²) in [6, 6.07) is 3.76. The number of carbonyl (C=O) groups excluding carboxylic acids is 1. The molecule has 33 heavy (non-hydrogen) atoms. The molecule has 3 heterocycles. The van der Waals surface area contributed by atoms with Crippen molar-refractivity contribution in [3.8, 4) is 11.1 Å². The van der Waals surface area contributed by atoms with Crippen LogP contribution in [-0.2, 0) is 0 Å². The molecule has 0 atom stereocenters. The monoisotopic (exact) mass is 467 g/mol. The van der Waals surface area contributed by atoms with Gasteiger partial charge in [0.1, 0.15) is 0 Å². The van der Waals surface area contributed by atoms with Crippen LogP contribution in [0.5, 0.6) is 0 Å². The van der Waals surface area contributed by atoms with E-state index in [0.29, 0.717) is 11.4 Å². The average molecular weight is 468 g/mol. The minimum Gasteiger partial charge on any atom is -0.350 e. The van der Waals surface area contributed by atoms with E-state index in [1.807, 2.05) is 68.8 Å². The number of thiophene rings is 1. The van der Waals surface area contributed by atoms with Crippen molar-refractivity contribution in [1.82, 2.24) is 24.8 Å². The fourth-order valence-electron chi connectivity index (χ4n) is 2.77. The number of fused-ring (bicyclic) bond motifs is 1. The topological polar surface area (TPSA) is 62.5 Å². The molecule has 0 radical (unpaired) electrons. The van der Waals surface area contributed by atoms with Crippen molar-refractivity contribution in [2.45, 2.75) is 34.6 Å². The Morgan fingerprint density at radius 1 is 1.21 bits per heavy atom. The standard InChI is InChI=1S/C17H21N5OS.C7H10.C2H6/c1-3-21(4-2)8-7-18-17(23)15-9-13(12-24-15)14-10-19-16-5-6-20-22(16)11-14;1-3-5-7-6-4-2;1-2/h5-6,9-12H,3-4,7-8H2,1-2H3,(H,18,23);3-7H,1H2,2H3;1-2H3/b;6-4-,7-5-;. The Labute approximate surface area is 202 Å². The number of nitrogens with zero attached hydrogens (tertiary/aromatic N) is 4. The maximum atomic E-state index is 12.3. The number of hydrogen-bond acceptors (Lipinski definition) is 5. The maximum Gasteiger partial charge on any atom is 0.261 e. The van der Waals surface area contributed by atoms with Gasteiger partial charge in [-0.1, -0.05) is 64.7 Å². The van der Waals surface area contributed by atoms with Crippen LogP contribution in [0.2, 0.25) is 0 Å². The molecule has 3 aromatic rings. The van der Waals surface area contributed by atoms with Gasteiger partial charge in [0.15, 0.2) is 5.65 Å². The molecule has 0 aliphatic rings. The molecule has 1 amide bonds. The van der Waals surface area contributed by atoms with Gasteiger partial charge in [-0.05, 0) is 37.0 Å². The second kappa shape index (κ2) is 16.6. The first-order valence-corrected chi connectivity index (χ1v) is 12.3. The maximum absolute atomic E-state index is 12.3. The van der Waals surface area contributed by atoms with Crippen LogP contribution in [0.15, 0.2) is 73.1 Å². The van der Waals surface area contributed by atoms with E-state index >= 15 is 0 Å². The highest BCUT2D eigenvalue weighted by Gasteiger charge is 2.11. The first-order valence-electron chi connectivity index (χ1n) is 11.4. The summed E-state index contributed by atoms with van der Waals surface area (Å²) in [7, 11) is 0. The summed E-state index contributed by atoms with van der Waals surface area (Å²) < 4.78 is 1.73. The molecule has 0 fully saturated rings. The third kappa shape index (κ3) is 9.55. The highest BCUT2D eigenvalue weighted by atomic mass is 32.1. The van der Waals surface area contributed by atoms with Crippen molar-refractivity contribution in [3.63, 3.8) is 0 Å². The third-order valence-electron chi connectivity index (χ3n) is 4.56. The fraction of sp³-hybridized carbons (Fsp3) is 0.346. The van der Waals surface area contributed by atoms with Crippen molar-refractivity contribution < 1.29 is 4.79 Å². The van der Waals surface area contributed by atoms with Crippen LogP contribution < -0.4 is 5.32 Å². The molecule has 3 aromatic heterocycles. The number of nitrogens with one attached hydrogen (secondary N) is 1. The highest BCUT2D eigenvalue weighted by molar-refractivity contribution is 7.12. The lowest BCUT2D eigenvalue weighted by Gasteiger charge is -2.17. The van der Waals surface area contributed by atoms with Gasteiger partial charge in [-0.15, -0.1) is 11.3 Å². The van der Waals surface area contributed by atoms with Crippen LogP contribution in [0.25, 0.3) is 16.8 Å². The van der Waals surface area contributed by atoms with Gasteiger partial charge in [0.25, 0.3) is 5.91 Å². The fourth-order valence-corrected chi connectivity index (χ4v) is 3.61. The van der Waals surface area contributed by atoms with Gasteiger partial charge < -0.3 is 10.2 Å². The SMILES string of the molecule is C=C/C=C\C=C/C.CC.CCN(CC)CCNC(=O)c1cc(-c2cnc3ccnn3c2)cs1. The zero-order valence-corrected chi connectivity index (χ0v) is 21.3. The Hall–Kier alpha value is -3.03. The molecule has 6 nitrogen and oxygen atoms in total. The van der Waals surface area contributed by atoms with E-state index in [4.69, 9.17) is 0 Å². The Morgan fingerprint density at radius 2 is 1.97 bits per heavy atom. The largest absolute Gasteiger partial charge is 0.350 e. The van der Waals surface area contributed by atoms with Gasteiger partial charge in [0.05, 0.1) is 11.1 Å². The first kappa shape index (κ1) is 28.0. The molecule has 0 bridgehead atoms. The van der Waals surface area contributed by atoms with Crippen molar-refractivity contribution >= 4 is 22.9 Å². The smallest absolute Gasteiger partial charge is 0.261 e. The molecule has 0 unspecified atom stereocenters. The summed E-state index contributed by atoms with van der Waals surface area (Å²) in [6.45, 7) is 17.3. The summed E-state index contributed by atoms with van der Waals surface area (Å²) in [5, 5.41) is 9.16. The van der Waals surface area contributed by atoms with Crippen LogP contribution in [0.4, 0.5) is 0 Å². The Balaban J connectivity index is 0.000000520. The minimum atomic E-state index is -0.0217. The van der Waals surface area contributed by atoms with E-state index in [0.717, 1.165) is 36.4 Å². The summed E-state index contributed by atoms with van der Waals surface area (Å²) in [6.07, 6.45) is 15.0. The average Bonchev–Trinajstić information content (AvgIpc) is 3.53. The molecule has 178 valence electrons. The minimum absolute atomic E-state index is 0.0217. The van der Waals surface area contributed by atoms with Crippen LogP contribution in [0.3, 0.4) is 0 Å². The van der Waals surface area contributed by atoms with Gasteiger partial charge in [-0.3, -0.25) is 4.79 Å². The summed E-state index contributed by atoms with van der Waals surface area (Å²) in [5.41, 5.74) is 2.74. The molecule has 1 N–H and O–H groups in total. The predicted octanol–water partition coefficient (Wildman–Crippen LogP) is 5.86. The molecule has 3 rings (SSSR count). The van der Waals surface area contributed by atoms with E-state index in [1.165, 1.54) is 11.3 Å². The Morgan fingerprint density at radius 3 is 2.64 bits per heavy atom. The molecule has 0 aliphatic carbocycles. The van der Waals surface area contributed by atoms with Gasteiger partial charge in [-0.25, -0.2) is 9.50 Å². The number of likely N-dealkylation sites (N-methyl/N-ethyl adjacent to an activating group) is 1. The van der Waals surface area contributed by atoms with Gasteiger partial charge in [0.2, 0.25) is 0 Å². The Kier molecular flexibility index (Phi) is 14.1. The van der Waals surface area contributed by atoms with Gasteiger partial charge in [-0.2, -0.15) is 5.10 Å². The number of rotatable bonds is 9. The van der Waals surface area contributed by atoms with E-state index in [1.54, 1.807) is 23.0 Å². The summed E-state index contributed by atoms with van der Waals surface area (Å²) >= 11 is 1.45. The number of amides is 1. The molecule has 0 aromatic carbocycles. The number of hydrogen-bond donors (Lipinski definition) is 1. The van der Waals surface area contributed by atoms with Crippen LogP contribution in [0.1, 0.15) is 44.3 Å². The predicted molar refractivity (Wildman–Crippen MR) is 142 cm³/mol. The van der Waals surface area contributed by atoms with Crippen molar-refractivity contribution in [2.24, 2.45) is 0 Å². The van der Waals surface area contributed by atoms with E-state index < -0.39 is 0 Å². The lowest BCUT2D eigenvalue weighted by atomic mass is 10.2. The Bertz CT molecular complexity index is 1010. The lowest BCUT2D eigenvalue weighted by molar-refractivity contribution is 0.0953. The van der Waals surface area contributed by atoms with Gasteiger partial charge >= 0.3 is 0 Å². The van der Waals surface area contributed by atoms with Crippen LogP contribution in [0, 0.1) is 0 Å². The zero-order valence-electron chi connectivity index (χ0n) is 20.5. The van der Waals surface area contributed by atoms with Crippen molar-refractivity contribution in [1.29, 1.82) is 0 Å². The second-order valence-electron chi connectivity index (χ2n) is 6.61. The zero-order chi connectivity index (χ0) is 24.5. The molecule has 0 saturated carbocycles. The third-order valence-corrected chi connectivity index (χ3v) is 5.49. The lowest BCUT2D eigenvalue weighted by Crippen LogP contribution is -2.34. The quantitative estimate of drug-likeness (QED) is 0.400. The molecular formula is C26H37N5OS. The molecule has 0 spiro atoms. The molecular weight excluding hydrogens is 430 g/mol. The summed E-state index contributed by atoms with van der Waals surface area (Å²) in [4.78, 5) is 19.6. The second-order valence-corrected chi connectivity index (χ2v) is 7.52.